The van der Waals surface area contributed by atoms with Crippen molar-refractivity contribution in [2.45, 2.75) is 31.7 Å². The summed E-state index contributed by atoms with van der Waals surface area (Å²) < 4.78 is 44.0. The highest BCUT2D eigenvalue weighted by Gasteiger charge is 2.33. The fraction of sp³-hybridized carbons (Fsp3) is 0.435. The van der Waals surface area contributed by atoms with Crippen molar-refractivity contribution >= 4 is 11.6 Å². The molecule has 1 saturated heterocycles. The zero-order valence-electron chi connectivity index (χ0n) is 17.8. The standard InChI is InChI=1S/C23H29F3N4O/c1-30-13-5-7-17(21(30)16-9-11-19(12-10-16)23(24,25)26)14-28-22(27)29-20-8-4-3-6-18(20)15-31-2/h3-4,6,8-12,17,21H,5,7,13-15H2,1-2H3,(H3,27,28,29). The fourth-order valence-electron chi connectivity index (χ4n) is 4.16. The van der Waals surface area contributed by atoms with Crippen LogP contribution in [0.25, 0.3) is 0 Å². The van der Waals surface area contributed by atoms with E-state index in [4.69, 9.17) is 10.5 Å². The van der Waals surface area contributed by atoms with Crippen molar-refractivity contribution in [3.05, 3.63) is 65.2 Å². The summed E-state index contributed by atoms with van der Waals surface area (Å²) >= 11 is 0. The molecule has 1 aliphatic heterocycles. The van der Waals surface area contributed by atoms with Crippen molar-refractivity contribution in [2.24, 2.45) is 16.6 Å². The molecule has 3 rings (SSSR count). The minimum absolute atomic E-state index is 0.00615. The molecular formula is C23H29F3N4O. The van der Waals surface area contributed by atoms with Gasteiger partial charge in [0.05, 0.1) is 12.2 Å². The molecule has 5 nitrogen and oxygen atoms in total. The van der Waals surface area contributed by atoms with E-state index in [1.165, 1.54) is 0 Å². The van der Waals surface area contributed by atoms with Crippen LogP contribution in [0.4, 0.5) is 18.9 Å². The van der Waals surface area contributed by atoms with Crippen LogP contribution in [0.15, 0.2) is 53.5 Å². The summed E-state index contributed by atoms with van der Waals surface area (Å²) in [7, 11) is 3.63. The number of alkyl halides is 3. The summed E-state index contributed by atoms with van der Waals surface area (Å²) in [5.41, 5.74) is 8.18. The second-order valence-corrected chi connectivity index (χ2v) is 7.89. The molecule has 0 aliphatic carbocycles. The summed E-state index contributed by atoms with van der Waals surface area (Å²) in [6, 6.07) is 13.2. The number of nitrogens with two attached hydrogens (primary N) is 1. The first-order valence-corrected chi connectivity index (χ1v) is 10.3. The number of nitrogens with one attached hydrogen (secondary N) is 1. The molecule has 168 valence electrons. The Morgan fingerprint density at radius 2 is 1.90 bits per heavy atom. The number of anilines is 1. The number of likely N-dealkylation sites (tertiary alicyclic amines) is 1. The third kappa shape index (κ3) is 5.98. The van der Waals surface area contributed by atoms with Gasteiger partial charge >= 0.3 is 6.18 Å². The molecule has 1 heterocycles. The van der Waals surface area contributed by atoms with Gasteiger partial charge in [-0.15, -0.1) is 0 Å². The Labute approximate surface area is 181 Å². The molecule has 0 bridgehead atoms. The number of methoxy groups -OCH3 is 1. The second-order valence-electron chi connectivity index (χ2n) is 7.89. The molecule has 0 amide bonds. The molecule has 0 saturated carbocycles. The lowest BCUT2D eigenvalue weighted by Crippen LogP contribution is -2.38. The van der Waals surface area contributed by atoms with Gasteiger partial charge in [-0.25, -0.2) is 0 Å². The highest BCUT2D eigenvalue weighted by molar-refractivity contribution is 5.92. The van der Waals surface area contributed by atoms with Gasteiger partial charge in [-0.3, -0.25) is 9.89 Å². The smallest absolute Gasteiger partial charge is 0.380 e. The zero-order valence-corrected chi connectivity index (χ0v) is 17.8. The Bertz CT molecular complexity index is 883. The Balaban J connectivity index is 1.73. The molecule has 0 spiro atoms. The van der Waals surface area contributed by atoms with Gasteiger partial charge in [-0.05, 0) is 56.1 Å². The number of rotatable bonds is 6. The van der Waals surface area contributed by atoms with Crippen LogP contribution in [-0.2, 0) is 17.5 Å². The van der Waals surface area contributed by atoms with Gasteiger partial charge in [0.25, 0.3) is 0 Å². The quantitative estimate of drug-likeness (QED) is 0.513. The van der Waals surface area contributed by atoms with Gasteiger partial charge in [-0.2, -0.15) is 13.2 Å². The average molecular weight is 435 g/mol. The highest BCUT2D eigenvalue weighted by atomic mass is 19.4. The molecular weight excluding hydrogens is 405 g/mol. The Morgan fingerprint density at radius 1 is 1.19 bits per heavy atom. The first-order valence-electron chi connectivity index (χ1n) is 10.3. The van der Waals surface area contributed by atoms with Crippen LogP contribution < -0.4 is 11.1 Å². The van der Waals surface area contributed by atoms with Gasteiger partial charge < -0.3 is 15.8 Å². The Hall–Kier alpha value is -2.58. The monoisotopic (exact) mass is 434 g/mol. The van der Waals surface area contributed by atoms with Crippen LogP contribution in [-0.4, -0.2) is 38.1 Å². The van der Waals surface area contributed by atoms with Gasteiger partial charge in [0.1, 0.15) is 0 Å². The molecule has 2 unspecified atom stereocenters. The van der Waals surface area contributed by atoms with Crippen molar-refractivity contribution < 1.29 is 17.9 Å². The highest BCUT2D eigenvalue weighted by Crippen LogP contribution is 2.37. The molecule has 0 aromatic heterocycles. The number of nitrogens with zero attached hydrogens (tertiary/aromatic N) is 2. The summed E-state index contributed by atoms with van der Waals surface area (Å²) in [4.78, 5) is 6.73. The van der Waals surface area contributed by atoms with Crippen molar-refractivity contribution in [1.29, 1.82) is 0 Å². The van der Waals surface area contributed by atoms with E-state index >= 15 is 0 Å². The summed E-state index contributed by atoms with van der Waals surface area (Å²) in [6.45, 7) is 1.84. The van der Waals surface area contributed by atoms with E-state index in [1.807, 2.05) is 31.3 Å². The maximum absolute atomic E-state index is 12.9. The van der Waals surface area contributed by atoms with E-state index in [0.29, 0.717) is 19.1 Å². The van der Waals surface area contributed by atoms with E-state index < -0.39 is 11.7 Å². The number of ether oxygens (including phenoxy) is 1. The summed E-state index contributed by atoms with van der Waals surface area (Å²) in [5, 5.41) is 3.13. The average Bonchev–Trinajstić information content (AvgIpc) is 2.73. The largest absolute Gasteiger partial charge is 0.416 e. The molecule has 2 aromatic carbocycles. The predicted octanol–water partition coefficient (Wildman–Crippen LogP) is 4.66. The van der Waals surface area contributed by atoms with E-state index in [0.717, 1.165) is 48.3 Å². The number of hydrogen-bond acceptors (Lipinski definition) is 3. The lowest BCUT2D eigenvalue weighted by Gasteiger charge is -2.39. The number of benzene rings is 2. The number of piperidine rings is 1. The van der Waals surface area contributed by atoms with Gasteiger partial charge in [0.15, 0.2) is 5.96 Å². The van der Waals surface area contributed by atoms with E-state index in [1.54, 1.807) is 19.2 Å². The summed E-state index contributed by atoms with van der Waals surface area (Å²) in [6.07, 6.45) is -2.38. The van der Waals surface area contributed by atoms with Crippen LogP contribution in [0, 0.1) is 5.92 Å². The zero-order chi connectivity index (χ0) is 22.4. The number of guanidine groups is 1. The summed E-state index contributed by atoms with van der Waals surface area (Å²) in [5.74, 6) is 0.466. The second kappa shape index (κ2) is 10.2. The molecule has 1 aliphatic rings. The van der Waals surface area contributed by atoms with Crippen molar-refractivity contribution in [3.8, 4) is 0 Å². The normalized spacial score (nSPS) is 20.6. The van der Waals surface area contributed by atoms with E-state index in [2.05, 4.69) is 15.2 Å². The van der Waals surface area contributed by atoms with Crippen LogP contribution in [0.2, 0.25) is 0 Å². The first-order chi connectivity index (χ1) is 14.8. The minimum atomic E-state index is -4.33. The SMILES string of the molecule is COCc1ccccc1NC(N)=NCC1CCCN(C)C1c1ccc(C(F)(F)F)cc1. The lowest BCUT2D eigenvalue weighted by atomic mass is 9.84. The number of hydrogen-bond donors (Lipinski definition) is 2. The fourth-order valence-corrected chi connectivity index (χ4v) is 4.16. The molecule has 8 heteroatoms. The van der Waals surface area contributed by atoms with Gasteiger partial charge in [0, 0.05) is 30.9 Å². The van der Waals surface area contributed by atoms with Crippen LogP contribution in [0.5, 0.6) is 0 Å². The molecule has 1 fully saturated rings. The van der Waals surface area contributed by atoms with Crippen LogP contribution in [0.1, 0.15) is 35.6 Å². The Kier molecular flexibility index (Phi) is 7.56. The lowest BCUT2D eigenvalue weighted by molar-refractivity contribution is -0.137. The van der Waals surface area contributed by atoms with Gasteiger partial charge in [-0.1, -0.05) is 30.3 Å². The molecule has 2 atom stereocenters. The van der Waals surface area contributed by atoms with Crippen molar-refractivity contribution in [2.75, 3.05) is 32.6 Å². The maximum Gasteiger partial charge on any atom is 0.416 e. The third-order valence-electron chi connectivity index (χ3n) is 5.66. The predicted molar refractivity (Wildman–Crippen MR) is 117 cm³/mol. The molecule has 31 heavy (non-hydrogen) atoms. The topological polar surface area (TPSA) is 62.9 Å². The third-order valence-corrected chi connectivity index (χ3v) is 5.66. The first kappa shape index (κ1) is 23.1. The molecule has 3 N–H and O–H groups in total. The van der Waals surface area contributed by atoms with Crippen LogP contribution >= 0.6 is 0 Å². The van der Waals surface area contributed by atoms with Crippen molar-refractivity contribution in [1.82, 2.24) is 4.90 Å². The number of halogens is 3. The Morgan fingerprint density at radius 3 is 2.58 bits per heavy atom. The van der Waals surface area contributed by atoms with Gasteiger partial charge in [0.2, 0.25) is 0 Å². The van der Waals surface area contributed by atoms with Crippen molar-refractivity contribution in [3.63, 3.8) is 0 Å². The van der Waals surface area contributed by atoms with E-state index in [9.17, 15) is 13.2 Å². The minimum Gasteiger partial charge on any atom is -0.380 e. The molecule has 0 radical (unpaired) electrons. The maximum atomic E-state index is 12.9. The molecule has 2 aromatic rings. The van der Waals surface area contributed by atoms with E-state index in [-0.39, 0.29) is 12.0 Å². The van der Waals surface area contributed by atoms with Crippen LogP contribution in [0.3, 0.4) is 0 Å². The number of aliphatic imine (C=N–C) groups is 1. The number of para-hydroxylation sites is 1.